The van der Waals surface area contributed by atoms with E-state index in [9.17, 15) is 15.0 Å². The lowest BCUT2D eigenvalue weighted by Gasteiger charge is -2.14. The zero-order valence-corrected chi connectivity index (χ0v) is 12.1. The number of halogens is 1. The van der Waals surface area contributed by atoms with E-state index in [1.54, 1.807) is 30.2 Å². The summed E-state index contributed by atoms with van der Waals surface area (Å²) in [7, 11) is 1.56. The van der Waals surface area contributed by atoms with E-state index < -0.39 is 12.2 Å². The molecule has 0 aliphatic carbocycles. The Morgan fingerprint density at radius 3 is 2.58 bits per heavy atom. The molecule has 0 radical (unpaired) electrons. The molecular formula is C13H16BrNO4. The summed E-state index contributed by atoms with van der Waals surface area (Å²) in [6, 6.07) is 5.14. The van der Waals surface area contributed by atoms with Crippen LogP contribution in [0.5, 0.6) is 5.75 Å². The van der Waals surface area contributed by atoms with Gasteiger partial charge in [-0.05, 0) is 34.1 Å². The van der Waals surface area contributed by atoms with E-state index >= 15 is 0 Å². The van der Waals surface area contributed by atoms with Crippen LogP contribution in [0.2, 0.25) is 0 Å². The van der Waals surface area contributed by atoms with Gasteiger partial charge in [-0.2, -0.15) is 0 Å². The molecule has 1 heterocycles. The van der Waals surface area contributed by atoms with Crippen LogP contribution in [0.1, 0.15) is 10.4 Å². The highest BCUT2D eigenvalue weighted by atomic mass is 79.9. The Hall–Kier alpha value is -0.950. The van der Waals surface area contributed by atoms with E-state index in [-0.39, 0.29) is 12.3 Å². The fraction of sp³-hybridized carbons (Fsp3) is 0.462. The summed E-state index contributed by atoms with van der Waals surface area (Å²) in [4.78, 5) is 13.8. The molecule has 2 unspecified atom stereocenters. The van der Waals surface area contributed by atoms with Gasteiger partial charge in [-0.3, -0.25) is 9.69 Å². The number of nitrogens with zero attached hydrogens (tertiary/aromatic N) is 1. The van der Waals surface area contributed by atoms with Crippen molar-refractivity contribution < 1.29 is 19.7 Å². The van der Waals surface area contributed by atoms with Crippen molar-refractivity contribution >= 4 is 21.7 Å². The van der Waals surface area contributed by atoms with Gasteiger partial charge in [-0.1, -0.05) is 0 Å². The molecule has 0 aromatic heterocycles. The number of aliphatic hydroxyl groups excluding tert-OH is 2. The van der Waals surface area contributed by atoms with Crippen molar-refractivity contribution in [3.63, 3.8) is 0 Å². The van der Waals surface area contributed by atoms with Gasteiger partial charge in [0.05, 0.1) is 30.3 Å². The standard InChI is InChI=1S/C13H16BrNO4/c1-19-13-3-2-8(4-9(13)14)10(16)5-15-6-11(17)12(18)7-15/h2-4,11-12,17-18H,5-7H2,1H3. The van der Waals surface area contributed by atoms with Gasteiger partial charge in [0.25, 0.3) is 0 Å². The molecule has 0 amide bonds. The van der Waals surface area contributed by atoms with Crippen molar-refractivity contribution in [2.45, 2.75) is 12.2 Å². The quantitative estimate of drug-likeness (QED) is 0.795. The normalized spacial score (nSPS) is 23.6. The molecule has 2 N–H and O–H groups in total. The Morgan fingerprint density at radius 2 is 2.05 bits per heavy atom. The molecule has 0 bridgehead atoms. The van der Waals surface area contributed by atoms with Crippen LogP contribution in [0.3, 0.4) is 0 Å². The first-order valence-electron chi connectivity index (χ1n) is 5.96. The highest BCUT2D eigenvalue weighted by Gasteiger charge is 2.30. The van der Waals surface area contributed by atoms with Crippen LogP contribution < -0.4 is 4.74 Å². The average molecular weight is 330 g/mol. The van der Waals surface area contributed by atoms with E-state index in [0.29, 0.717) is 24.4 Å². The predicted octanol–water partition coefficient (Wildman–Crippen LogP) is 0.678. The Kier molecular flexibility index (Phi) is 4.57. The number of benzene rings is 1. The molecular weight excluding hydrogens is 314 g/mol. The van der Waals surface area contributed by atoms with Crippen LogP contribution in [-0.4, -0.2) is 59.8 Å². The Bertz CT molecular complexity index is 470. The Balaban J connectivity index is 2.02. The minimum atomic E-state index is -0.768. The van der Waals surface area contributed by atoms with E-state index in [2.05, 4.69) is 15.9 Å². The van der Waals surface area contributed by atoms with Crippen molar-refractivity contribution in [3.8, 4) is 5.75 Å². The van der Waals surface area contributed by atoms with Crippen molar-refractivity contribution in [2.75, 3.05) is 26.7 Å². The molecule has 0 saturated carbocycles. The largest absolute Gasteiger partial charge is 0.496 e. The number of carbonyl (C=O) groups excluding carboxylic acids is 1. The van der Waals surface area contributed by atoms with Crippen molar-refractivity contribution in [1.82, 2.24) is 4.90 Å². The third-order valence-electron chi connectivity index (χ3n) is 3.18. The van der Waals surface area contributed by atoms with Crippen molar-refractivity contribution in [1.29, 1.82) is 0 Å². The van der Waals surface area contributed by atoms with Gasteiger partial charge in [-0.25, -0.2) is 0 Å². The molecule has 2 rings (SSSR count). The molecule has 19 heavy (non-hydrogen) atoms. The molecule has 1 aromatic carbocycles. The number of ether oxygens (including phenoxy) is 1. The smallest absolute Gasteiger partial charge is 0.176 e. The van der Waals surface area contributed by atoms with Gasteiger partial charge >= 0.3 is 0 Å². The van der Waals surface area contributed by atoms with Gasteiger partial charge in [0, 0.05) is 18.7 Å². The number of methoxy groups -OCH3 is 1. The summed E-state index contributed by atoms with van der Waals surface area (Å²) in [5.41, 5.74) is 0.573. The maximum atomic E-state index is 12.1. The number of β-amino-alcohol motifs (C(OH)–C–C–N with tert-alkyl or cyclic N) is 2. The molecule has 6 heteroatoms. The van der Waals surface area contributed by atoms with E-state index in [4.69, 9.17) is 4.74 Å². The maximum absolute atomic E-state index is 12.1. The first-order valence-corrected chi connectivity index (χ1v) is 6.75. The SMILES string of the molecule is COc1ccc(C(=O)CN2CC(O)C(O)C2)cc1Br. The van der Waals surface area contributed by atoms with Crippen LogP contribution >= 0.6 is 15.9 Å². The third-order valence-corrected chi connectivity index (χ3v) is 3.80. The molecule has 5 nitrogen and oxygen atoms in total. The van der Waals surface area contributed by atoms with Crippen molar-refractivity contribution in [2.24, 2.45) is 0 Å². The van der Waals surface area contributed by atoms with Gasteiger partial charge in [0.2, 0.25) is 0 Å². The highest BCUT2D eigenvalue weighted by molar-refractivity contribution is 9.10. The van der Waals surface area contributed by atoms with Crippen LogP contribution in [0.15, 0.2) is 22.7 Å². The molecule has 1 aliphatic rings. The Labute approximate surface area is 119 Å². The average Bonchev–Trinajstić information content (AvgIpc) is 2.68. The third kappa shape index (κ3) is 3.33. The molecule has 0 spiro atoms. The first-order chi connectivity index (χ1) is 9.01. The summed E-state index contributed by atoms with van der Waals surface area (Å²) in [6.07, 6.45) is -1.54. The number of likely N-dealkylation sites (tertiary alicyclic amines) is 1. The second-order valence-electron chi connectivity index (χ2n) is 4.60. The zero-order chi connectivity index (χ0) is 14.0. The number of hydrogen-bond donors (Lipinski definition) is 2. The van der Waals surface area contributed by atoms with E-state index in [1.165, 1.54) is 0 Å². The monoisotopic (exact) mass is 329 g/mol. The Morgan fingerprint density at radius 1 is 1.42 bits per heavy atom. The summed E-state index contributed by atoms with van der Waals surface area (Å²) < 4.78 is 5.83. The fourth-order valence-electron chi connectivity index (χ4n) is 2.11. The minimum absolute atomic E-state index is 0.0512. The number of hydrogen-bond acceptors (Lipinski definition) is 5. The lowest BCUT2D eigenvalue weighted by molar-refractivity contribution is 0.0572. The van der Waals surface area contributed by atoms with Crippen molar-refractivity contribution in [3.05, 3.63) is 28.2 Å². The predicted molar refractivity (Wildman–Crippen MR) is 73.5 cm³/mol. The molecule has 1 saturated heterocycles. The van der Waals surface area contributed by atoms with Crippen LogP contribution in [0, 0.1) is 0 Å². The molecule has 2 atom stereocenters. The number of ketones is 1. The van der Waals surface area contributed by atoms with Gasteiger partial charge in [-0.15, -0.1) is 0 Å². The zero-order valence-electron chi connectivity index (χ0n) is 10.5. The lowest BCUT2D eigenvalue weighted by Crippen LogP contribution is -2.28. The first kappa shape index (κ1) is 14.5. The van der Waals surface area contributed by atoms with Crippen LogP contribution in [0.4, 0.5) is 0 Å². The molecule has 1 fully saturated rings. The minimum Gasteiger partial charge on any atom is -0.496 e. The number of carbonyl (C=O) groups is 1. The summed E-state index contributed by atoms with van der Waals surface area (Å²) in [6.45, 7) is 0.835. The number of rotatable bonds is 4. The van der Waals surface area contributed by atoms with Gasteiger partial charge < -0.3 is 14.9 Å². The van der Waals surface area contributed by atoms with E-state index in [1.807, 2.05) is 0 Å². The number of Topliss-reactive ketones (excluding diaryl/α,β-unsaturated/α-hetero) is 1. The summed E-state index contributed by atoms with van der Waals surface area (Å²) in [5, 5.41) is 18.9. The van der Waals surface area contributed by atoms with Gasteiger partial charge in [0.1, 0.15) is 5.75 Å². The second kappa shape index (κ2) is 6.00. The fourth-order valence-corrected chi connectivity index (χ4v) is 2.65. The maximum Gasteiger partial charge on any atom is 0.176 e. The summed E-state index contributed by atoms with van der Waals surface area (Å²) >= 11 is 3.34. The summed E-state index contributed by atoms with van der Waals surface area (Å²) in [5.74, 6) is 0.619. The van der Waals surface area contributed by atoms with Gasteiger partial charge in [0.15, 0.2) is 5.78 Å². The molecule has 1 aliphatic heterocycles. The number of aliphatic hydroxyl groups is 2. The van der Waals surface area contributed by atoms with Crippen LogP contribution in [-0.2, 0) is 0 Å². The topological polar surface area (TPSA) is 70.0 Å². The molecule has 1 aromatic rings. The van der Waals surface area contributed by atoms with Crippen LogP contribution in [0.25, 0.3) is 0 Å². The lowest BCUT2D eigenvalue weighted by atomic mass is 10.1. The highest BCUT2D eigenvalue weighted by Crippen LogP contribution is 2.25. The second-order valence-corrected chi connectivity index (χ2v) is 5.46. The molecule has 104 valence electrons. The van der Waals surface area contributed by atoms with E-state index in [0.717, 1.165) is 4.47 Å².